The molecule has 0 aliphatic carbocycles. The van der Waals surface area contributed by atoms with Gasteiger partial charge in [-0.3, -0.25) is 13.7 Å². The SMILES string of the molecule is Cc1cc2ncn(C(n3cnc4cc(C)c(C)cc43)n3cnc4cc(C)c(C)cc43)c2cc1C. The fourth-order valence-corrected chi connectivity index (χ4v) is 4.80. The molecule has 3 heterocycles. The van der Waals surface area contributed by atoms with Crippen molar-refractivity contribution in [2.75, 3.05) is 0 Å². The van der Waals surface area contributed by atoms with Crippen LogP contribution < -0.4 is 0 Å². The molecule has 0 fully saturated rings. The Hall–Kier alpha value is -3.93. The molecule has 6 nitrogen and oxygen atoms in total. The van der Waals surface area contributed by atoms with Crippen molar-refractivity contribution in [3.8, 4) is 0 Å². The predicted molar refractivity (Wildman–Crippen MR) is 137 cm³/mol. The summed E-state index contributed by atoms with van der Waals surface area (Å²) >= 11 is 0. The molecule has 0 aliphatic heterocycles. The maximum atomic E-state index is 4.78. The highest BCUT2D eigenvalue weighted by molar-refractivity contribution is 5.81. The van der Waals surface area contributed by atoms with Gasteiger partial charge in [-0.1, -0.05) is 0 Å². The zero-order valence-corrected chi connectivity index (χ0v) is 20.5. The van der Waals surface area contributed by atoms with Gasteiger partial charge >= 0.3 is 0 Å². The number of hydrogen-bond donors (Lipinski definition) is 0. The lowest BCUT2D eigenvalue weighted by atomic mass is 10.1. The van der Waals surface area contributed by atoms with Gasteiger partial charge in [-0.25, -0.2) is 15.0 Å². The van der Waals surface area contributed by atoms with Crippen LogP contribution in [0.4, 0.5) is 0 Å². The van der Waals surface area contributed by atoms with E-state index >= 15 is 0 Å². The van der Waals surface area contributed by atoms with Crippen molar-refractivity contribution in [3.63, 3.8) is 0 Å². The van der Waals surface area contributed by atoms with E-state index in [-0.39, 0.29) is 6.29 Å². The van der Waals surface area contributed by atoms with E-state index in [0.29, 0.717) is 0 Å². The smallest absolute Gasteiger partial charge is 0.196 e. The van der Waals surface area contributed by atoms with Crippen LogP contribution in [-0.2, 0) is 0 Å². The molecule has 170 valence electrons. The molecule has 0 unspecified atom stereocenters. The lowest BCUT2D eigenvalue weighted by Crippen LogP contribution is -2.24. The van der Waals surface area contributed by atoms with Gasteiger partial charge in [0.15, 0.2) is 6.29 Å². The highest BCUT2D eigenvalue weighted by atomic mass is 15.4. The Morgan fingerprint density at radius 3 is 1.00 bits per heavy atom. The molecule has 0 radical (unpaired) electrons. The number of nitrogens with zero attached hydrogens (tertiary/aromatic N) is 6. The summed E-state index contributed by atoms with van der Waals surface area (Å²) in [7, 11) is 0. The minimum atomic E-state index is -0.244. The first kappa shape index (κ1) is 20.7. The van der Waals surface area contributed by atoms with E-state index < -0.39 is 0 Å². The van der Waals surface area contributed by atoms with Crippen LogP contribution in [0.3, 0.4) is 0 Å². The Bertz CT molecular complexity index is 1520. The average Bonchev–Trinajstić information content (AvgIpc) is 3.49. The standard InChI is InChI=1S/C28H28N6/c1-16-7-22-25(10-19(16)4)32(13-29-22)28(33-14-30-23-8-17(2)20(5)11-26(23)33)34-15-31-24-9-18(3)21(6)12-27(24)34/h7-15,28H,1-6H3. The predicted octanol–water partition coefficient (Wildman–Crippen LogP) is 6.14. The second-order valence-electron chi connectivity index (χ2n) is 9.58. The molecule has 3 aromatic heterocycles. The van der Waals surface area contributed by atoms with Crippen molar-refractivity contribution in [2.45, 2.75) is 47.8 Å². The van der Waals surface area contributed by atoms with Crippen LogP contribution in [0, 0.1) is 41.5 Å². The number of imidazole rings is 3. The molecule has 3 aromatic carbocycles. The summed E-state index contributed by atoms with van der Waals surface area (Å²) in [5.41, 5.74) is 13.7. The van der Waals surface area contributed by atoms with Crippen molar-refractivity contribution >= 4 is 33.1 Å². The molecule has 0 N–H and O–H groups in total. The maximum Gasteiger partial charge on any atom is 0.196 e. The maximum absolute atomic E-state index is 4.78. The zero-order chi connectivity index (χ0) is 23.7. The molecule has 6 rings (SSSR count). The fraction of sp³-hybridized carbons (Fsp3) is 0.250. The summed E-state index contributed by atoms with van der Waals surface area (Å²) in [5, 5.41) is 0. The van der Waals surface area contributed by atoms with Crippen molar-refractivity contribution in [3.05, 3.63) is 88.8 Å². The van der Waals surface area contributed by atoms with Crippen molar-refractivity contribution in [1.82, 2.24) is 28.7 Å². The highest BCUT2D eigenvalue weighted by Crippen LogP contribution is 2.30. The quantitative estimate of drug-likeness (QED) is 0.327. The van der Waals surface area contributed by atoms with Crippen LogP contribution in [0.15, 0.2) is 55.4 Å². The van der Waals surface area contributed by atoms with Crippen molar-refractivity contribution in [1.29, 1.82) is 0 Å². The van der Waals surface area contributed by atoms with Crippen molar-refractivity contribution in [2.24, 2.45) is 0 Å². The normalized spacial score (nSPS) is 12.1. The summed E-state index contributed by atoms with van der Waals surface area (Å²) in [5.74, 6) is 0. The Morgan fingerprint density at radius 1 is 0.441 bits per heavy atom. The average molecular weight is 449 g/mol. The third-order valence-electron chi connectivity index (χ3n) is 7.32. The van der Waals surface area contributed by atoms with Gasteiger partial charge in [0.25, 0.3) is 0 Å². The van der Waals surface area contributed by atoms with Crippen LogP contribution in [0.25, 0.3) is 33.1 Å². The van der Waals surface area contributed by atoms with Gasteiger partial charge < -0.3 is 0 Å². The molecule has 0 bridgehead atoms. The molecule has 0 saturated heterocycles. The number of aromatic nitrogens is 6. The summed E-state index contributed by atoms with van der Waals surface area (Å²) in [6, 6.07) is 13.2. The topological polar surface area (TPSA) is 53.5 Å². The molecule has 0 saturated carbocycles. The first-order chi connectivity index (χ1) is 16.3. The third kappa shape index (κ3) is 2.98. The first-order valence-electron chi connectivity index (χ1n) is 11.6. The minimum Gasteiger partial charge on any atom is -0.291 e. The van der Waals surface area contributed by atoms with Crippen LogP contribution in [0.1, 0.15) is 39.7 Å². The van der Waals surface area contributed by atoms with Gasteiger partial charge in [0.05, 0.1) is 52.1 Å². The molecule has 0 amide bonds. The lowest BCUT2D eigenvalue weighted by Gasteiger charge is -2.24. The van der Waals surface area contributed by atoms with Gasteiger partial charge in [0.2, 0.25) is 0 Å². The lowest BCUT2D eigenvalue weighted by molar-refractivity contribution is 0.394. The monoisotopic (exact) mass is 448 g/mol. The largest absolute Gasteiger partial charge is 0.291 e. The number of rotatable bonds is 3. The molecular formula is C28H28N6. The third-order valence-corrected chi connectivity index (χ3v) is 7.32. The van der Waals surface area contributed by atoms with E-state index in [1.807, 2.05) is 19.0 Å². The van der Waals surface area contributed by atoms with Crippen LogP contribution in [0.2, 0.25) is 0 Å². The Labute approximate surface area is 198 Å². The fourth-order valence-electron chi connectivity index (χ4n) is 4.80. The van der Waals surface area contributed by atoms with E-state index in [2.05, 4.69) is 91.6 Å². The van der Waals surface area contributed by atoms with Gasteiger partial charge in [-0.05, 0) is 111 Å². The summed E-state index contributed by atoms with van der Waals surface area (Å²) in [4.78, 5) is 14.3. The van der Waals surface area contributed by atoms with Gasteiger partial charge in [-0.15, -0.1) is 0 Å². The summed E-state index contributed by atoms with van der Waals surface area (Å²) in [6.45, 7) is 12.9. The van der Waals surface area contributed by atoms with Gasteiger partial charge in [0, 0.05) is 0 Å². The van der Waals surface area contributed by atoms with E-state index in [0.717, 1.165) is 33.1 Å². The van der Waals surface area contributed by atoms with Gasteiger partial charge in [-0.2, -0.15) is 0 Å². The molecule has 0 spiro atoms. The molecule has 34 heavy (non-hydrogen) atoms. The number of benzene rings is 3. The van der Waals surface area contributed by atoms with E-state index in [1.165, 1.54) is 33.4 Å². The molecule has 6 heteroatoms. The molecule has 0 aliphatic rings. The van der Waals surface area contributed by atoms with Crippen LogP contribution >= 0.6 is 0 Å². The Balaban J connectivity index is 1.69. The first-order valence-corrected chi connectivity index (χ1v) is 11.6. The van der Waals surface area contributed by atoms with E-state index in [9.17, 15) is 0 Å². The van der Waals surface area contributed by atoms with E-state index in [1.54, 1.807) is 0 Å². The summed E-state index contributed by atoms with van der Waals surface area (Å²) < 4.78 is 6.69. The molecule has 6 aromatic rings. The zero-order valence-electron chi connectivity index (χ0n) is 20.5. The summed E-state index contributed by atoms with van der Waals surface area (Å²) in [6.07, 6.45) is 5.57. The second kappa shape index (κ2) is 7.29. The Kier molecular flexibility index (Phi) is 4.43. The second-order valence-corrected chi connectivity index (χ2v) is 9.58. The number of fused-ring (bicyclic) bond motifs is 3. The van der Waals surface area contributed by atoms with Crippen LogP contribution in [-0.4, -0.2) is 28.7 Å². The van der Waals surface area contributed by atoms with Crippen molar-refractivity contribution < 1.29 is 0 Å². The van der Waals surface area contributed by atoms with E-state index in [4.69, 9.17) is 15.0 Å². The highest BCUT2D eigenvalue weighted by Gasteiger charge is 2.23. The van der Waals surface area contributed by atoms with Crippen LogP contribution in [0.5, 0.6) is 0 Å². The molecular weight excluding hydrogens is 420 g/mol. The number of aryl methyl sites for hydroxylation is 6. The van der Waals surface area contributed by atoms with Gasteiger partial charge in [0.1, 0.15) is 0 Å². The molecule has 0 atom stereocenters. The minimum absolute atomic E-state index is 0.244. The Morgan fingerprint density at radius 2 is 0.706 bits per heavy atom. The number of hydrogen-bond acceptors (Lipinski definition) is 3.